The van der Waals surface area contributed by atoms with Crippen LogP contribution < -0.4 is 0 Å². The van der Waals surface area contributed by atoms with E-state index in [1.54, 1.807) is 0 Å². The van der Waals surface area contributed by atoms with Crippen LogP contribution in [0.3, 0.4) is 0 Å². The maximum Gasteiger partial charge on any atom is 0.191 e. The van der Waals surface area contributed by atoms with E-state index in [9.17, 15) is 0 Å². The van der Waals surface area contributed by atoms with Gasteiger partial charge >= 0.3 is 0 Å². The highest BCUT2D eigenvalue weighted by Gasteiger charge is 2.26. The van der Waals surface area contributed by atoms with Crippen molar-refractivity contribution in [2.45, 2.75) is 60.1 Å². The number of rotatable bonds is 4. The molecule has 0 aliphatic carbocycles. The van der Waals surface area contributed by atoms with Crippen LogP contribution in [0.4, 0.5) is 0 Å². The van der Waals surface area contributed by atoms with Gasteiger partial charge in [0.25, 0.3) is 0 Å². The van der Waals surface area contributed by atoms with Gasteiger partial charge in [-0.05, 0) is 25.4 Å². The van der Waals surface area contributed by atoms with E-state index in [4.69, 9.17) is 4.43 Å². The quantitative estimate of drug-likeness (QED) is 0.527. The van der Waals surface area contributed by atoms with Gasteiger partial charge in [0.05, 0.1) is 13.6 Å². The third kappa shape index (κ3) is 8.69. The third-order valence-electron chi connectivity index (χ3n) is 1.74. The molecule has 0 aromatic heterocycles. The molecule has 0 aromatic rings. The number of hydrogen-bond acceptors (Lipinski definition) is 1. The van der Waals surface area contributed by atoms with Crippen LogP contribution in [-0.2, 0) is 4.43 Å². The predicted octanol–water partition coefficient (Wildman–Crippen LogP) is 4.84. The summed E-state index contributed by atoms with van der Waals surface area (Å²) in [4.78, 5) is 0. The Morgan fingerprint density at radius 1 is 1.00 bits per heavy atom. The van der Waals surface area contributed by atoms with Gasteiger partial charge in [0.15, 0.2) is 8.32 Å². The molecule has 0 radical (unpaired) electrons. The van der Waals surface area contributed by atoms with Gasteiger partial charge in [-0.15, -0.1) is 0 Å². The van der Waals surface area contributed by atoms with Crippen LogP contribution in [0.15, 0.2) is 0 Å². The molecule has 0 N–H and O–H groups in total. The van der Waals surface area contributed by atoms with Crippen LogP contribution in [0.5, 0.6) is 0 Å². The van der Waals surface area contributed by atoms with Gasteiger partial charge in [0.2, 0.25) is 0 Å². The molecule has 1 nitrogen and oxygen atoms in total. The van der Waals surface area contributed by atoms with Crippen molar-refractivity contribution in [3.8, 4) is 0 Å². The summed E-state index contributed by atoms with van der Waals surface area (Å²) in [6.07, 6.45) is 0. The molecule has 0 unspecified atom stereocenters. The second-order valence-corrected chi connectivity index (χ2v) is 19.2. The molecule has 0 aliphatic rings. The molecular formula is C12H29OPSi2. The zero-order chi connectivity index (χ0) is 13.2. The Kier molecular flexibility index (Phi) is 5.66. The minimum absolute atomic E-state index is 0.182. The molecule has 0 spiro atoms. The Bertz CT molecular complexity index is 254. The van der Waals surface area contributed by atoms with E-state index in [1.165, 1.54) is 19.5 Å². The zero-order valence-electron chi connectivity index (χ0n) is 12.6. The average molecular weight is 277 g/mol. The van der Waals surface area contributed by atoms with E-state index in [1.807, 2.05) is 0 Å². The first-order valence-electron chi connectivity index (χ1n) is 6.05. The van der Waals surface area contributed by atoms with Gasteiger partial charge in [-0.25, -0.2) is 0 Å². The normalized spacial score (nSPS) is 15.4. The monoisotopic (exact) mass is 276 g/mol. The molecule has 0 saturated heterocycles. The summed E-state index contributed by atoms with van der Waals surface area (Å²) in [6, 6.07) is 0. The molecule has 0 fully saturated rings. The first kappa shape index (κ1) is 16.6. The largest absolute Gasteiger partial charge is 0.385 e. The summed E-state index contributed by atoms with van der Waals surface area (Å²) in [5.41, 5.74) is 1.48. The highest BCUT2D eigenvalue weighted by molar-refractivity contribution is 7.44. The van der Waals surface area contributed by atoms with Crippen molar-refractivity contribution in [3.63, 3.8) is 0 Å². The maximum absolute atomic E-state index is 6.26. The van der Waals surface area contributed by atoms with Crippen LogP contribution in [-0.4, -0.2) is 27.7 Å². The van der Waals surface area contributed by atoms with Gasteiger partial charge in [-0.1, -0.05) is 48.6 Å². The summed E-state index contributed by atoms with van der Waals surface area (Å²) < 4.78 is 6.26. The minimum Gasteiger partial charge on any atom is -0.385 e. The van der Waals surface area contributed by atoms with Gasteiger partial charge in [0.1, 0.15) is 0 Å². The first-order chi connectivity index (χ1) is 6.81. The average Bonchev–Trinajstić information content (AvgIpc) is 1.91. The van der Waals surface area contributed by atoms with Crippen LogP contribution in [0.1, 0.15) is 20.8 Å². The van der Waals surface area contributed by atoms with Crippen molar-refractivity contribution < 1.29 is 4.43 Å². The Labute approximate surface area is 106 Å². The molecular weight excluding hydrogens is 247 g/mol. The molecule has 0 aromatic carbocycles. The molecule has 0 amide bonds. The predicted molar refractivity (Wildman–Crippen MR) is 84.0 cm³/mol. The second kappa shape index (κ2) is 5.47. The van der Waals surface area contributed by atoms with Crippen LogP contribution >= 0.6 is 8.20 Å². The molecule has 16 heavy (non-hydrogen) atoms. The lowest BCUT2D eigenvalue weighted by atomic mass is 9.99. The molecule has 0 rings (SSSR count). The van der Waals surface area contributed by atoms with Crippen LogP contribution in [0, 0.1) is 5.41 Å². The van der Waals surface area contributed by atoms with Crippen LogP contribution in [0.2, 0.25) is 39.3 Å². The topological polar surface area (TPSA) is 9.23 Å². The molecule has 4 heteroatoms. The van der Waals surface area contributed by atoms with Crippen molar-refractivity contribution >= 4 is 30.1 Å². The van der Waals surface area contributed by atoms with E-state index in [2.05, 4.69) is 60.1 Å². The number of hydrogen-bond donors (Lipinski definition) is 0. The summed E-state index contributed by atoms with van der Waals surface area (Å²) in [5, 5.41) is 0. The lowest BCUT2D eigenvalue weighted by Gasteiger charge is -2.29. The van der Waals surface area contributed by atoms with E-state index in [0.717, 1.165) is 0 Å². The third-order valence-corrected chi connectivity index (χ3v) is 8.21. The van der Waals surface area contributed by atoms with Gasteiger partial charge < -0.3 is 4.43 Å². The van der Waals surface area contributed by atoms with Crippen molar-refractivity contribution in [2.24, 2.45) is 5.41 Å². The standard InChI is InChI=1S/C12H29OPSi2/c1-12(2,3)11(13-16(7,8)9)14-10-15(4,5)6/h10H2,1-9H3. The van der Waals surface area contributed by atoms with Crippen molar-refractivity contribution in [1.82, 2.24) is 0 Å². The Morgan fingerprint density at radius 2 is 1.44 bits per heavy atom. The van der Waals surface area contributed by atoms with Gasteiger partial charge in [-0.2, -0.15) is 0 Å². The van der Waals surface area contributed by atoms with E-state index in [0.29, 0.717) is 0 Å². The van der Waals surface area contributed by atoms with E-state index >= 15 is 0 Å². The zero-order valence-corrected chi connectivity index (χ0v) is 15.5. The van der Waals surface area contributed by atoms with Crippen molar-refractivity contribution in [3.05, 3.63) is 0 Å². The molecule has 0 aliphatic heterocycles. The maximum atomic E-state index is 6.26. The van der Waals surface area contributed by atoms with E-state index < -0.39 is 16.4 Å². The fraction of sp³-hybridized carbons (Fsp3) is 0.917. The Hall–Kier alpha value is 0.564. The minimum atomic E-state index is -1.45. The summed E-state index contributed by atoms with van der Waals surface area (Å²) in [5.74, 6) is 1.31. The fourth-order valence-electron chi connectivity index (χ4n) is 1.02. The fourth-order valence-corrected chi connectivity index (χ4v) is 5.93. The lowest BCUT2D eigenvalue weighted by Crippen LogP contribution is -2.35. The summed E-state index contributed by atoms with van der Waals surface area (Å²) in [6.45, 7) is 20.9. The molecule has 0 saturated carbocycles. The van der Waals surface area contributed by atoms with Crippen LogP contribution in [0.25, 0.3) is 0 Å². The molecule has 0 heterocycles. The smallest absolute Gasteiger partial charge is 0.191 e. The first-order valence-corrected chi connectivity index (χ1v) is 14.2. The summed E-state index contributed by atoms with van der Waals surface area (Å²) in [7, 11) is -1.00. The lowest BCUT2D eigenvalue weighted by molar-refractivity contribution is 0.447. The summed E-state index contributed by atoms with van der Waals surface area (Å²) >= 11 is 0. The van der Waals surface area contributed by atoms with E-state index in [-0.39, 0.29) is 5.41 Å². The molecule has 0 bridgehead atoms. The van der Waals surface area contributed by atoms with Crippen molar-refractivity contribution in [1.29, 1.82) is 0 Å². The molecule has 0 atom stereocenters. The highest BCUT2D eigenvalue weighted by atomic mass is 31.1. The Balaban J connectivity index is 4.84. The van der Waals surface area contributed by atoms with Gasteiger partial charge in [-0.3, -0.25) is 0 Å². The SMILES string of the molecule is CC(C)(C)C(O[Si](C)(C)C)=PC[Si](C)(C)C. The highest BCUT2D eigenvalue weighted by Crippen LogP contribution is 2.26. The van der Waals surface area contributed by atoms with Gasteiger partial charge in [0, 0.05) is 5.41 Å². The van der Waals surface area contributed by atoms with Crippen molar-refractivity contribution in [2.75, 3.05) is 5.79 Å². The molecule has 96 valence electrons. The Morgan fingerprint density at radius 3 is 1.69 bits per heavy atom. The second-order valence-electron chi connectivity index (χ2n) is 7.65.